The summed E-state index contributed by atoms with van der Waals surface area (Å²) in [4.78, 5) is 10.4. The zero-order valence-electron chi connectivity index (χ0n) is 8.46. The molecule has 0 radical (unpaired) electrons. The lowest BCUT2D eigenvalue weighted by atomic mass is 9.82. The first kappa shape index (κ1) is 13.3. The third-order valence-corrected chi connectivity index (χ3v) is 2.13. The third-order valence-electron chi connectivity index (χ3n) is 2.13. The van der Waals surface area contributed by atoms with E-state index in [0.717, 1.165) is 0 Å². The molecule has 1 atom stereocenters. The molecule has 1 unspecified atom stereocenters. The van der Waals surface area contributed by atoms with Crippen molar-refractivity contribution in [2.24, 2.45) is 11.1 Å². The van der Waals surface area contributed by atoms with Crippen LogP contribution in [0.2, 0.25) is 0 Å². The van der Waals surface area contributed by atoms with Gasteiger partial charge in [0.2, 0.25) is 6.43 Å². The molecule has 14 heavy (non-hydrogen) atoms. The van der Waals surface area contributed by atoms with E-state index in [0.29, 0.717) is 0 Å². The van der Waals surface area contributed by atoms with Crippen LogP contribution >= 0.6 is 0 Å². The average Bonchev–Trinajstić information content (AvgIpc) is 2.00. The van der Waals surface area contributed by atoms with Crippen molar-refractivity contribution in [3.05, 3.63) is 0 Å². The van der Waals surface area contributed by atoms with E-state index < -0.39 is 23.9 Å². The van der Waals surface area contributed by atoms with Gasteiger partial charge in [-0.1, -0.05) is 13.8 Å². The van der Waals surface area contributed by atoms with Crippen molar-refractivity contribution in [1.29, 1.82) is 0 Å². The summed E-state index contributed by atoms with van der Waals surface area (Å²) in [6.07, 6.45) is -2.05. The molecule has 0 saturated carbocycles. The van der Waals surface area contributed by atoms with Crippen LogP contribution in [0.1, 0.15) is 33.1 Å². The Bertz CT molecular complexity index is 195. The molecular weight excluding hydrogens is 192 g/mol. The number of carbonyl (C=O) groups is 1. The molecule has 5 heteroatoms. The highest BCUT2D eigenvalue weighted by atomic mass is 19.3. The lowest BCUT2D eigenvalue weighted by molar-refractivity contribution is -0.139. The quantitative estimate of drug-likeness (QED) is 0.701. The van der Waals surface area contributed by atoms with Gasteiger partial charge in [-0.3, -0.25) is 4.79 Å². The molecule has 0 heterocycles. The molecule has 0 bridgehead atoms. The molecule has 0 amide bonds. The molecule has 0 aliphatic rings. The molecular formula is C9H17F2NO2. The Morgan fingerprint density at radius 3 is 2.36 bits per heavy atom. The van der Waals surface area contributed by atoms with E-state index in [1.807, 2.05) is 0 Å². The molecule has 84 valence electrons. The van der Waals surface area contributed by atoms with Crippen molar-refractivity contribution in [2.45, 2.75) is 45.6 Å². The van der Waals surface area contributed by atoms with Crippen LogP contribution in [-0.2, 0) is 4.79 Å². The first-order valence-corrected chi connectivity index (χ1v) is 4.51. The van der Waals surface area contributed by atoms with Crippen molar-refractivity contribution < 1.29 is 18.7 Å². The van der Waals surface area contributed by atoms with E-state index in [4.69, 9.17) is 10.8 Å². The highest BCUT2D eigenvalue weighted by Gasteiger charge is 2.25. The van der Waals surface area contributed by atoms with Gasteiger partial charge in [-0.2, -0.15) is 0 Å². The smallest absolute Gasteiger partial charge is 0.320 e. The highest BCUT2D eigenvalue weighted by molar-refractivity contribution is 5.73. The van der Waals surface area contributed by atoms with E-state index in [2.05, 4.69) is 0 Å². The second-order valence-electron chi connectivity index (χ2n) is 4.24. The first-order valence-electron chi connectivity index (χ1n) is 4.51. The maximum Gasteiger partial charge on any atom is 0.320 e. The van der Waals surface area contributed by atoms with Gasteiger partial charge in [0, 0.05) is 6.42 Å². The van der Waals surface area contributed by atoms with Crippen molar-refractivity contribution in [2.75, 3.05) is 0 Å². The molecule has 3 nitrogen and oxygen atoms in total. The maximum absolute atomic E-state index is 11.9. The first-order chi connectivity index (χ1) is 6.24. The van der Waals surface area contributed by atoms with Crippen LogP contribution in [0.4, 0.5) is 8.78 Å². The van der Waals surface area contributed by atoms with Crippen molar-refractivity contribution in [3.63, 3.8) is 0 Å². The Hall–Kier alpha value is -0.710. The fourth-order valence-corrected chi connectivity index (χ4v) is 1.28. The van der Waals surface area contributed by atoms with Crippen LogP contribution in [0.3, 0.4) is 0 Å². The third kappa shape index (κ3) is 5.85. The number of carboxylic acids is 1. The topological polar surface area (TPSA) is 63.3 Å². The van der Waals surface area contributed by atoms with Gasteiger partial charge in [-0.05, 0) is 18.3 Å². The normalized spacial score (nSPS) is 14.4. The predicted octanol–water partition coefficient (Wildman–Crippen LogP) is 1.86. The minimum atomic E-state index is -2.34. The van der Waals surface area contributed by atoms with E-state index >= 15 is 0 Å². The van der Waals surface area contributed by atoms with Gasteiger partial charge in [0.1, 0.15) is 6.04 Å². The summed E-state index contributed by atoms with van der Waals surface area (Å²) in [6.45, 7) is 3.50. The van der Waals surface area contributed by atoms with Gasteiger partial charge in [0.05, 0.1) is 0 Å². The molecule has 3 N–H and O–H groups in total. The van der Waals surface area contributed by atoms with Gasteiger partial charge < -0.3 is 10.8 Å². The summed E-state index contributed by atoms with van der Waals surface area (Å²) < 4.78 is 23.8. The molecule has 0 aromatic carbocycles. The number of nitrogens with two attached hydrogens (primary N) is 1. The number of aliphatic carboxylic acids is 1. The molecule has 0 aromatic rings. The lowest BCUT2D eigenvalue weighted by Gasteiger charge is -2.26. The number of hydrogen-bond donors (Lipinski definition) is 2. The monoisotopic (exact) mass is 209 g/mol. The summed E-state index contributed by atoms with van der Waals surface area (Å²) in [7, 11) is 0. The number of carboxylic acid groups (broad SMARTS) is 1. The molecule has 0 aliphatic heterocycles. The average molecular weight is 209 g/mol. The Kier molecular flexibility index (Phi) is 4.97. The fraction of sp³-hybridized carbons (Fsp3) is 0.889. The Labute approximate surface area is 82.3 Å². The molecule has 0 fully saturated rings. The van der Waals surface area contributed by atoms with Crippen LogP contribution < -0.4 is 5.73 Å². The zero-order valence-corrected chi connectivity index (χ0v) is 8.46. The van der Waals surface area contributed by atoms with Gasteiger partial charge in [-0.25, -0.2) is 8.78 Å². The van der Waals surface area contributed by atoms with Gasteiger partial charge >= 0.3 is 5.97 Å². The number of halogens is 2. The second kappa shape index (κ2) is 5.24. The summed E-state index contributed by atoms with van der Waals surface area (Å²) in [5.41, 5.74) is 4.87. The van der Waals surface area contributed by atoms with E-state index in [1.165, 1.54) is 0 Å². The molecule has 0 rings (SSSR count). The fourth-order valence-electron chi connectivity index (χ4n) is 1.28. The van der Waals surface area contributed by atoms with Crippen molar-refractivity contribution >= 4 is 5.97 Å². The van der Waals surface area contributed by atoms with Crippen molar-refractivity contribution in [1.82, 2.24) is 0 Å². The van der Waals surface area contributed by atoms with Gasteiger partial charge in [0.15, 0.2) is 0 Å². The summed E-state index contributed by atoms with van der Waals surface area (Å²) in [6, 6.07) is -0.970. The predicted molar refractivity (Wildman–Crippen MR) is 49.2 cm³/mol. The number of alkyl halides is 2. The Balaban J connectivity index is 3.99. The van der Waals surface area contributed by atoms with Crippen LogP contribution in [0.15, 0.2) is 0 Å². The van der Waals surface area contributed by atoms with E-state index in [-0.39, 0.29) is 19.3 Å². The lowest BCUT2D eigenvalue weighted by Crippen LogP contribution is -2.35. The summed E-state index contributed by atoms with van der Waals surface area (Å²) in [5.74, 6) is -1.09. The molecule has 0 spiro atoms. The SMILES string of the molecule is CC(C)(CCC(F)F)CC(N)C(=O)O. The van der Waals surface area contributed by atoms with Gasteiger partial charge in [0.25, 0.3) is 0 Å². The van der Waals surface area contributed by atoms with Crippen LogP contribution in [-0.4, -0.2) is 23.5 Å². The maximum atomic E-state index is 11.9. The Morgan fingerprint density at radius 2 is 2.00 bits per heavy atom. The standard InChI is InChI=1S/C9H17F2NO2/c1-9(2,4-3-7(10)11)5-6(12)8(13)14/h6-7H,3-5,12H2,1-2H3,(H,13,14). The van der Waals surface area contributed by atoms with Crippen LogP contribution in [0.25, 0.3) is 0 Å². The highest BCUT2D eigenvalue weighted by Crippen LogP contribution is 2.29. The minimum Gasteiger partial charge on any atom is -0.480 e. The van der Waals surface area contributed by atoms with Crippen molar-refractivity contribution in [3.8, 4) is 0 Å². The van der Waals surface area contributed by atoms with Crippen LogP contribution in [0.5, 0.6) is 0 Å². The largest absolute Gasteiger partial charge is 0.480 e. The summed E-state index contributed by atoms with van der Waals surface area (Å²) in [5, 5.41) is 8.55. The Morgan fingerprint density at radius 1 is 1.50 bits per heavy atom. The number of rotatable bonds is 6. The van der Waals surface area contributed by atoms with Gasteiger partial charge in [-0.15, -0.1) is 0 Å². The second-order valence-corrected chi connectivity index (χ2v) is 4.24. The van der Waals surface area contributed by atoms with Crippen LogP contribution in [0, 0.1) is 5.41 Å². The zero-order chi connectivity index (χ0) is 11.4. The molecule has 0 aromatic heterocycles. The minimum absolute atomic E-state index is 0.209. The molecule has 0 aliphatic carbocycles. The molecule has 0 saturated heterocycles. The van der Waals surface area contributed by atoms with E-state index in [1.54, 1.807) is 13.8 Å². The number of hydrogen-bond acceptors (Lipinski definition) is 2. The summed E-state index contributed by atoms with van der Waals surface area (Å²) >= 11 is 0. The van der Waals surface area contributed by atoms with E-state index in [9.17, 15) is 13.6 Å².